The van der Waals surface area contributed by atoms with E-state index in [1.807, 2.05) is 17.0 Å². The van der Waals surface area contributed by atoms with E-state index < -0.39 is 0 Å². The van der Waals surface area contributed by atoms with Gasteiger partial charge in [0.15, 0.2) is 0 Å². The molecule has 2 aliphatic rings. The second-order valence-electron chi connectivity index (χ2n) is 7.83. The Balaban J connectivity index is 1.21. The molecule has 0 radical (unpaired) electrons. The average molecular weight is 395 g/mol. The summed E-state index contributed by atoms with van der Waals surface area (Å²) in [7, 11) is 0. The Morgan fingerprint density at radius 3 is 2.48 bits per heavy atom. The number of hydrogen-bond donors (Lipinski definition) is 1. The van der Waals surface area contributed by atoms with Gasteiger partial charge in [-0.1, -0.05) is 30.3 Å². The van der Waals surface area contributed by atoms with Gasteiger partial charge in [0.1, 0.15) is 5.82 Å². The number of rotatable bonds is 6. The number of piperidine rings is 1. The van der Waals surface area contributed by atoms with Crippen molar-refractivity contribution in [3.05, 3.63) is 59.8 Å². The summed E-state index contributed by atoms with van der Waals surface area (Å²) in [5.74, 6) is 0.894. The molecule has 0 bridgehead atoms. The van der Waals surface area contributed by atoms with E-state index in [-0.39, 0.29) is 5.91 Å². The smallest absolute Gasteiger partial charge is 0.255 e. The van der Waals surface area contributed by atoms with E-state index in [0.717, 1.165) is 44.7 Å². The maximum atomic E-state index is 12.5. The predicted octanol–water partition coefficient (Wildman–Crippen LogP) is 2.67. The van der Waals surface area contributed by atoms with Crippen molar-refractivity contribution >= 4 is 11.7 Å². The third-order valence-electron chi connectivity index (χ3n) is 5.81. The molecule has 1 aromatic heterocycles. The van der Waals surface area contributed by atoms with Crippen LogP contribution < -0.4 is 5.32 Å². The van der Waals surface area contributed by atoms with Crippen LogP contribution in [0, 0.1) is 0 Å². The highest BCUT2D eigenvalue weighted by atomic mass is 16.5. The highest BCUT2D eigenvalue weighted by Crippen LogP contribution is 2.17. The average Bonchev–Trinajstić information content (AvgIpc) is 2.80. The van der Waals surface area contributed by atoms with Crippen LogP contribution in [0.1, 0.15) is 28.8 Å². The van der Waals surface area contributed by atoms with Crippen LogP contribution in [0.4, 0.5) is 5.82 Å². The van der Waals surface area contributed by atoms with E-state index in [4.69, 9.17) is 4.74 Å². The molecule has 3 heterocycles. The number of likely N-dealkylation sites (tertiary alicyclic amines) is 1. The summed E-state index contributed by atoms with van der Waals surface area (Å²) in [5.41, 5.74) is 2.05. The number of aromatic nitrogens is 1. The van der Waals surface area contributed by atoms with Gasteiger partial charge in [-0.2, -0.15) is 0 Å². The summed E-state index contributed by atoms with van der Waals surface area (Å²) in [4.78, 5) is 21.4. The SMILES string of the molecule is O=C(c1ccc(NC2CCN(CCc3ccccc3)CC2)nc1)N1CCOCC1. The molecule has 2 aromatic rings. The van der Waals surface area contributed by atoms with E-state index in [1.54, 1.807) is 6.20 Å². The van der Waals surface area contributed by atoms with Crippen LogP contribution in [0.5, 0.6) is 0 Å². The third-order valence-corrected chi connectivity index (χ3v) is 5.81. The largest absolute Gasteiger partial charge is 0.378 e. The number of amides is 1. The van der Waals surface area contributed by atoms with Crippen LogP contribution in [0.3, 0.4) is 0 Å². The molecule has 1 aromatic carbocycles. The molecular formula is C23H30N4O2. The normalized spacial score (nSPS) is 18.6. The Labute approximate surface area is 172 Å². The van der Waals surface area contributed by atoms with Crippen LogP contribution >= 0.6 is 0 Å². The van der Waals surface area contributed by atoms with Gasteiger partial charge in [-0.15, -0.1) is 0 Å². The maximum Gasteiger partial charge on any atom is 0.255 e. The Bertz CT molecular complexity index is 767. The first kappa shape index (κ1) is 19.9. The zero-order valence-electron chi connectivity index (χ0n) is 16.9. The lowest BCUT2D eigenvalue weighted by molar-refractivity contribution is 0.0302. The molecule has 2 aliphatic heterocycles. The summed E-state index contributed by atoms with van der Waals surface area (Å²) in [6.45, 7) is 5.87. The lowest BCUT2D eigenvalue weighted by atomic mass is 10.0. The minimum Gasteiger partial charge on any atom is -0.378 e. The number of nitrogens with one attached hydrogen (secondary N) is 1. The molecule has 0 spiro atoms. The fourth-order valence-corrected chi connectivity index (χ4v) is 4.00. The summed E-state index contributed by atoms with van der Waals surface area (Å²) in [6, 6.07) is 14.9. The third kappa shape index (κ3) is 5.55. The summed E-state index contributed by atoms with van der Waals surface area (Å²) < 4.78 is 5.31. The summed E-state index contributed by atoms with van der Waals surface area (Å²) in [6.07, 6.45) is 5.03. The van der Waals surface area contributed by atoms with Crippen molar-refractivity contribution in [3.63, 3.8) is 0 Å². The Kier molecular flexibility index (Phi) is 6.75. The molecule has 1 N–H and O–H groups in total. The number of carbonyl (C=O) groups excluding carboxylic acids is 1. The first-order chi connectivity index (χ1) is 14.3. The Morgan fingerprint density at radius 2 is 1.79 bits per heavy atom. The lowest BCUT2D eigenvalue weighted by Crippen LogP contribution is -2.41. The van der Waals surface area contributed by atoms with Crippen LogP contribution in [-0.2, 0) is 11.2 Å². The highest BCUT2D eigenvalue weighted by Gasteiger charge is 2.21. The number of pyridine rings is 1. The number of carbonyl (C=O) groups is 1. The van der Waals surface area contributed by atoms with Gasteiger partial charge in [0.05, 0.1) is 18.8 Å². The van der Waals surface area contributed by atoms with Crippen molar-refractivity contribution < 1.29 is 9.53 Å². The molecule has 0 unspecified atom stereocenters. The van der Waals surface area contributed by atoms with Gasteiger partial charge in [-0.3, -0.25) is 4.79 Å². The standard InChI is InChI=1S/C23H30N4O2/c28-23(27-14-16-29-17-15-27)20-6-7-22(24-18-20)25-21-9-12-26(13-10-21)11-8-19-4-2-1-3-5-19/h1-7,18,21H,8-17H2,(H,24,25). The number of ether oxygens (including phenoxy) is 1. The van der Waals surface area contributed by atoms with Gasteiger partial charge in [-0.25, -0.2) is 4.98 Å². The van der Waals surface area contributed by atoms with E-state index in [2.05, 4.69) is 45.5 Å². The summed E-state index contributed by atoms with van der Waals surface area (Å²) >= 11 is 0. The molecule has 1 amide bonds. The fraction of sp³-hybridized carbons (Fsp3) is 0.478. The van der Waals surface area contributed by atoms with Crippen molar-refractivity contribution in [3.8, 4) is 0 Å². The van der Waals surface area contributed by atoms with Gasteiger partial charge in [0.25, 0.3) is 5.91 Å². The highest BCUT2D eigenvalue weighted by molar-refractivity contribution is 5.94. The number of hydrogen-bond acceptors (Lipinski definition) is 5. The van der Waals surface area contributed by atoms with Crippen LogP contribution in [-0.4, -0.2) is 72.7 Å². The Morgan fingerprint density at radius 1 is 1.03 bits per heavy atom. The number of nitrogens with zero attached hydrogens (tertiary/aromatic N) is 3. The molecule has 0 saturated carbocycles. The quantitative estimate of drug-likeness (QED) is 0.816. The monoisotopic (exact) mass is 394 g/mol. The number of benzene rings is 1. The molecular weight excluding hydrogens is 364 g/mol. The van der Waals surface area contributed by atoms with E-state index in [1.165, 1.54) is 5.56 Å². The van der Waals surface area contributed by atoms with Crippen LogP contribution in [0.15, 0.2) is 48.7 Å². The fourth-order valence-electron chi connectivity index (χ4n) is 4.00. The van der Waals surface area contributed by atoms with Gasteiger partial charge < -0.3 is 19.9 Å². The molecule has 0 atom stereocenters. The first-order valence-electron chi connectivity index (χ1n) is 10.6. The molecule has 2 fully saturated rings. The molecule has 6 nitrogen and oxygen atoms in total. The van der Waals surface area contributed by atoms with E-state index >= 15 is 0 Å². The summed E-state index contributed by atoms with van der Waals surface area (Å²) in [5, 5.41) is 3.54. The van der Waals surface area contributed by atoms with Gasteiger partial charge in [0, 0.05) is 45.0 Å². The zero-order valence-corrected chi connectivity index (χ0v) is 16.9. The second-order valence-corrected chi connectivity index (χ2v) is 7.83. The lowest BCUT2D eigenvalue weighted by Gasteiger charge is -2.32. The maximum absolute atomic E-state index is 12.5. The first-order valence-corrected chi connectivity index (χ1v) is 10.6. The topological polar surface area (TPSA) is 57.7 Å². The van der Waals surface area contributed by atoms with Crippen molar-refractivity contribution in [2.75, 3.05) is 51.3 Å². The molecule has 4 rings (SSSR count). The van der Waals surface area contributed by atoms with Crippen LogP contribution in [0.2, 0.25) is 0 Å². The molecule has 29 heavy (non-hydrogen) atoms. The van der Waals surface area contributed by atoms with Gasteiger partial charge >= 0.3 is 0 Å². The van der Waals surface area contributed by atoms with Gasteiger partial charge in [-0.05, 0) is 37.0 Å². The van der Waals surface area contributed by atoms with Crippen molar-refractivity contribution in [1.29, 1.82) is 0 Å². The molecule has 0 aliphatic carbocycles. The second kappa shape index (κ2) is 9.85. The van der Waals surface area contributed by atoms with Crippen molar-refractivity contribution in [2.24, 2.45) is 0 Å². The zero-order chi connectivity index (χ0) is 19.9. The number of anilines is 1. The van der Waals surface area contributed by atoms with E-state index in [0.29, 0.717) is 37.9 Å². The molecule has 154 valence electrons. The van der Waals surface area contributed by atoms with Crippen LogP contribution in [0.25, 0.3) is 0 Å². The molecule has 6 heteroatoms. The van der Waals surface area contributed by atoms with Gasteiger partial charge in [0.2, 0.25) is 0 Å². The minimum absolute atomic E-state index is 0.0408. The minimum atomic E-state index is 0.0408. The van der Waals surface area contributed by atoms with Crippen molar-refractivity contribution in [1.82, 2.24) is 14.8 Å². The van der Waals surface area contributed by atoms with E-state index in [9.17, 15) is 4.79 Å². The Hall–Kier alpha value is -2.44. The van der Waals surface area contributed by atoms with Crippen molar-refractivity contribution in [2.45, 2.75) is 25.3 Å². The number of morpholine rings is 1. The molecule has 2 saturated heterocycles. The predicted molar refractivity (Wildman–Crippen MR) is 114 cm³/mol.